The molecule has 0 spiro atoms. The zero-order valence-electron chi connectivity index (χ0n) is 8.24. The molecule has 4 heteroatoms. The summed E-state index contributed by atoms with van der Waals surface area (Å²) in [7, 11) is 1.52. The third-order valence-corrected chi connectivity index (χ3v) is 1.66. The lowest BCUT2D eigenvalue weighted by Crippen LogP contribution is -2.29. The first-order valence-corrected chi connectivity index (χ1v) is 4.25. The summed E-state index contributed by atoms with van der Waals surface area (Å²) in [4.78, 5) is 12.5. The molecule has 78 valence electrons. The van der Waals surface area contributed by atoms with Crippen molar-refractivity contribution in [3.05, 3.63) is 30.1 Å². The van der Waals surface area contributed by atoms with Crippen molar-refractivity contribution in [3.63, 3.8) is 0 Å². The van der Waals surface area contributed by atoms with Gasteiger partial charge in [-0.2, -0.15) is 0 Å². The number of benzene rings is 1. The molecule has 0 N–H and O–H groups in total. The average molecular weight is 207 g/mol. The van der Waals surface area contributed by atoms with Crippen molar-refractivity contribution < 1.29 is 13.9 Å². The topological polar surface area (TPSA) is 29.5 Å². The molecule has 1 rings (SSSR count). The van der Waals surface area contributed by atoms with Gasteiger partial charge in [-0.1, -0.05) is 5.92 Å². The van der Waals surface area contributed by atoms with Gasteiger partial charge >= 0.3 is 6.09 Å². The highest BCUT2D eigenvalue weighted by Gasteiger charge is 2.09. The fourth-order valence-electron chi connectivity index (χ4n) is 0.883. The summed E-state index contributed by atoms with van der Waals surface area (Å²) in [5, 5.41) is 0. The quantitative estimate of drug-likeness (QED) is 0.693. The normalized spacial score (nSPS) is 9.13. The van der Waals surface area contributed by atoms with Gasteiger partial charge in [-0.15, -0.1) is 6.42 Å². The highest BCUT2D eigenvalue weighted by Crippen LogP contribution is 2.11. The van der Waals surface area contributed by atoms with Crippen molar-refractivity contribution in [1.29, 1.82) is 0 Å². The minimum atomic E-state index is -0.570. The van der Waals surface area contributed by atoms with Gasteiger partial charge in [-0.3, -0.25) is 4.90 Å². The number of ether oxygens (including phenoxy) is 1. The highest BCUT2D eigenvalue weighted by atomic mass is 19.1. The molecular formula is C11H10FNO2. The minimum absolute atomic E-state index is 0.167. The monoisotopic (exact) mass is 207 g/mol. The SMILES string of the molecule is C#CCN(C)C(=O)Oc1ccc(F)cc1. The van der Waals surface area contributed by atoms with Crippen molar-refractivity contribution in [2.24, 2.45) is 0 Å². The van der Waals surface area contributed by atoms with E-state index < -0.39 is 6.09 Å². The molecule has 0 atom stereocenters. The molecule has 0 saturated carbocycles. The predicted molar refractivity (Wildman–Crippen MR) is 53.9 cm³/mol. The van der Waals surface area contributed by atoms with Gasteiger partial charge in [0.1, 0.15) is 11.6 Å². The Morgan fingerprint density at radius 1 is 1.53 bits per heavy atom. The standard InChI is InChI=1S/C11H10FNO2/c1-3-8-13(2)11(14)15-10-6-4-9(12)5-7-10/h1,4-7H,8H2,2H3. The van der Waals surface area contributed by atoms with E-state index in [2.05, 4.69) is 5.92 Å². The number of rotatable bonds is 2. The second-order valence-electron chi connectivity index (χ2n) is 2.88. The Morgan fingerprint density at radius 3 is 2.67 bits per heavy atom. The van der Waals surface area contributed by atoms with Gasteiger partial charge in [0, 0.05) is 7.05 Å². The van der Waals surface area contributed by atoms with Gasteiger partial charge < -0.3 is 4.74 Å². The van der Waals surface area contributed by atoms with E-state index in [9.17, 15) is 9.18 Å². The van der Waals surface area contributed by atoms with Crippen LogP contribution in [0.2, 0.25) is 0 Å². The van der Waals surface area contributed by atoms with Crippen LogP contribution in [0.15, 0.2) is 24.3 Å². The van der Waals surface area contributed by atoms with Crippen LogP contribution in [0.1, 0.15) is 0 Å². The molecule has 15 heavy (non-hydrogen) atoms. The molecule has 1 aromatic rings. The van der Waals surface area contributed by atoms with E-state index in [0.717, 1.165) is 0 Å². The van der Waals surface area contributed by atoms with Crippen molar-refractivity contribution in [3.8, 4) is 18.1 Å². The number of amides is 1. The second-order valence-corrected chi connectivity index (χ2v) is 2.88. The van der Waals surface area contributed by atoms with Crippen LogP contribution in [0.4, 0.5) is 9.18 Å². The van der Waals surface area contributed by atoms with Gasteiger partial charge in [-0.25, -0.2) is 9.18 Å². The summed E-state index contributed by atoms with van der Waals surface area (Å²) in [5.74, 6) is 2.21. The van der Waals surface area contributed by atoms with E-state index in [1.807, 2.05) is 0 Å². The van der Waals surface area contributed by atoms with E-state index in [-0.39, 0.29) is 18.1 Å². The number of hydrogen-bond acceptors (Lipinski definition) is 2. The van der Waals surface area contributed by atoms with E-state index in [0.29, 0.717) is 0 Å². The van der Waals surface area contributed by atoms with Gasteiger partial charge in [0.2, 0.25) is 0 Å². The molecule has 0 unspecified atom stereocenters. The van der Waals surface area contributed by atoms with Crippen LogP contribution in [0.5, 0.6) is 5.75 Å². The maximum atomic E-state index is 12.5. The van der Waals surface area contributed by atoms with Crippen LogP contribution in [0.25, 0.3) is 0 Å². The first-order valence-electron chi connectivity index (χ1n) is 4.25. The van der Waals surface area contributed by atoms with Crippen LogP contribution in [-0.2, 0) is 0 Å². The summed E-state index contributed by atoms with van der Waals surface area (Å²) < 4.78 is 17.4. The Labute approximate surface area is 87.5 Å². The Hall–Kier alpha value is -2.02. The molecule has 0 saturated heterocycles. The zero-order chi connectivity index (χ0) is 11.3. The smallest absolute Gasteiger partial charge is 0.410 e. The number of carbonyl (C=O) groups is 1. The molecule has 1 amide bonds. The summed E-state index contributed by atoms with van der Waals surface area (Å²) in [5.41, 5.74) is 0. The number of halogens is 1. The Bertz CT molecular complexity index is 381. The molecule has 3 nitrogen and oxygen atoms in total. The fourth-order valence-corrected chi connectivity index (χ4v) is 0.883. The minimum Gasteiger partial charge on any atom is -0.410 e. The summed E-state index contributed by atoms with van der Waals surface area (Å²) in [6, 6.07) is 5.17. The van der Waals surface area contributed by atoms with E-state index in [1.54, 1.807) is 0 Å². The largest absolute Gasteiger partial charge is 0.415 e. The Morgan fingerprint density at radius 2 is 2.13 bits per heavy atom. The first kappa shape index (κ1) is 11.1. The molecule has 0 aliphatic carbocycles. The fraction of sp³-hybridized carbons (Fsp3) is 0.182. The van der Waals surface area contributed by atoms with Gasteiger partial charge in [-0.05, 0) is 24.3 Å². The number of nitrogens with zero attached hydrogens (tertiary/aromatic N) is 1. The lowest BCUT2D eigenvalue weighted by molar-refractivity contribution is 0.168. The van der Waals surface area contributed by atoms with E-state index in [1.165, 1.54) is 36.2 Å². The first-order chi connectivity index (χ1) is 7.13. The van der Waals surface area contributed by atoms with Crippen molar-refractivity contribution in [1.82, 2.24) is 4.90 Å². The summed E-state index contributed by atoms with van der Waals surface area (Å²) >= 11 is 0. The van der Waals surface area contributed by atoms with E-state index in [4.69, 9.17) is 11.2 Å². The molecule has 0 bridgehead atoms. The molecule has 0 radical (unpaired) electrons. The third-order valence-electron chi connectivity index (χ3n) is 1.66. The van der Waals surface area contributed by atoms with Crippen LogP contribution in [-0.4, -0.2) is 24.6 Å². The van der Waals surface area contributed by atoms with Gasteiger partial charge in [0.05, 0.1) is 6.54 Å². The highest BCUT2D eigenvalue weighted by molar-refractivity contribution is 5.70. The van der Waals surface area contributed by atoms with Gasteiger partial charge in [0.25, 0.3) is 0 Å². The third kappa shape index (κ3) is 3.31. The molecule has 0 fully saturated rings. The molecule has 0 aliphatic heterocycles. The summed E-state index contributed by atoms with van der Waals surface area (Å²) in [6.07, 6.45) is 4.46. The molecule has 1 aromatic carbocycles. The van der Waals surface area contributed by atoms with Crippen molar-refractivity contribution in [2.75, 3.05) is 13.6 Å². The molecule has 0 aliphatic rings. The van der Waals surface area contributed by atoms with Crippen LogP contribution < -0.4 is 4.74 Å². The Kier molecular flexibility index (Phi) is 3.69. The van der Waals surface area contributed by atoms with Crippen LogP contribution in [0.3, 0.4) is 0 Å². The van der Waals surface area contributed by atoms with Crippen molar-refractivity contribution >= 4 is 6.09 Å². The van der Waals surface area contributed by atoms with E-state index >= 15 is 0 Å². The molecule has 0 aromatic heterocycles. The van der Waals surface area contributed by atoms with Crippen molar-refractivity contribution in [2.45, 2.75) is 0 Å². The lowest BCUT2D eigenvalue weighted by atomic mass is 10.3. The molecular weight excluding hydrogens is 197 g/mol. The average Bonchev–Trinajstić information content (AvgIpc) is 2.22. The summed E-state index contributed by atoms with van der Waals surface area (Å²) in [6.45, 7) is 0.167. The zero-order valence-corrected chi connectivity index (χ0v) is 8.24. The van der Waals surface area contributed by atoms with Crippen LogP contribution >= 0.6 is 0 Å². The molecule has 0 heterocycles. The maximum Gasteiger partial charge on any atom is 0.415 e. The number of hydrogen-bond donors (Lipinski definition) is 0. The Balaban J connectivity index is 2.59. The number of carbonyl (C=O) groups excluding carboxylic acids is 1. The van der Waals surface area contributed by atoms with Crippen LogP contribution in [0, 0.1) is 18.2 Å². The second kappa shape index (κ2) is 5.01. The maximum absolute atomic E-state index is 12.5. The van der Waals surface area contributed by atoms with Gasteiger partial charge in [0.15, 0.2) is 0 Å². The lowest BCUT2D eigenvalue weighted by Gasteiger charge is -2.13. The predicted octanol–water partition coefficient (Wildman–Crippen LogP) is 1.89. The number of terminal acetylenes is 1.